The summed E-state index contributed by atoms with van der Waals surface area (Å²) in [6, 6.07) is 0.774. The Morgan fingerprint density at radius 3 is 2.76 bits per heavy atom. The number of nitrogens with two attached hydrogens (primary N) is 1. The van der Waals surface area contributed by atoms with Crippen LogP contribution >= 0.6 is 11.8 Å². The molecular weight excluding hydrogens is 228 g/mol. The number of thioether (sulfide) groups is 1. The SMILES string of the molecule is CCC1CCCCC1(CN)N(C)C1CCSC1. The van der Waals surface area contributed by atoms with Crippen LogP contribution in [0.1, 0.15) is 45.4 Å². The van der Waals surface area contributed by atoms with Crippen molar-refractivity contribution in [1.29, 1.82) is 0 Å². The van der Waals surface area contributed by atoms with Crippen LogP contribution in [0.15, 0.2) is 0 Å². The highest BCUT2D eigenvalue weighted by Gasteiger charge is 2.44. The molecular formula is C14H28N2S. The zero-order valence-electron chi connectivity index (χ0n) is 11.5. The minimum Gasteiger partial charge on any atom is -0.329 e. The monoisotopic (exact) mass is 256 g/mol. The number of hydrogen-bond donors (Lipinski definition) is 1. The average Bonchev–Trinajstić information content (AvgIpc) is 2.91. The summed E-state index contributed by atoms with van der Waals surface area (Å²) in [6.45, 7) is 3.20. The van der Waals surface area contributed by atoms with Crippen molar-refractivity contribution in [3.63, 3.8) is 0 Å². The zero-order chi connectivity index (χ0) is 12.3. The van der Waals surface area contributed by atoms with Gasteiger partial charge in [-0.15, -0.1) is 0 Å². The molecule has 3 unspecified atom stereocenters. The van der Waals surface area contributed by atoms with Crippen LogP contribution in [0.25, 0.3) is 0 Å². The van der Waals surface area contributed by atoms with E-state index < -0.39 is 0 Å². The second-order valence-electron chi connectivity index (χ2n) is 5.79. The van der Waals surface area contributed by atoms with Gasteiger partial charge in [0.05, 0.1) is 0 Å². The van der Waals surface area contributed by atoms with E-state index in [0.717, 1.165) is 18.5 Å². The van der Waals surface area contributed by atoms with E-state index in [9.17, 15) is 0 Å². The fraction of sp³-hybridized carbons (Fsp3) is 1.00. The van der Waals surface area contributed by atoms with Crippen molar-refractivity contribution in [2.75, 3.05) is 25.1 Å². The highest BCUT2D eigenvalue weighted by molar-refractivity contribution is 7.99. The Labute approximate surface area is 111 Å². The van der Waals surface area contributed by atoms with Gasteiger partial charge in [-0.05, 0) is 38.0 Å². The summed E-state index contributed by atoms with van der Waals surface area (Å²) in [6.07, 6.45) is 8.14. The van der Waals surface area contributed by atoms with E-state index in [1.807, 2.05) is 0 Å². The fourth-order valence-electron chi connectivity index (χ4n) is 3.95. The van der Waals surface area contributed by atoms with Gasteiger partial charge in [0.2, 0.25) is 0 Å². The summed E-state index contributed by atoms with van der Waals surface area (Å²) in [4.78, 5) is 2.68. The molecule has 0 aromatic carbocycles. The van der Waals surface area contributed by atoms with Crippen molar-refractivity contribution < 1.29 is 0 Å². The van der Waals surface area contributed by atoms with Crippen molar-refractivity contribution in [1.82, 2.24) is 4.90 Å². The van der Waals surface area contributed by atoms with Crippen LogP contribution in [-0.2, 0) is 0 Å². The lowest BCUT2D eigenvalue weighted by atomic mass is 9.70. The predicted molar refractivity (Wildman–Crippen MR) is 77.5 cm³/mol. The smallest absolute Gasteiger partial charge is 0.0359 e. The van der Waals surface area contributed by atoms with Crippen molar-refractivity contribution in [3.8, 4) is 0 Å². The standard InChI is InChI=1S/C14H28N2S/c1-3-12-6-4-5-8-14(12,11-15)16(2)13-7-9-17-10-13/h12-13H,3-11,15H2,1-2H3. The maximum atomic E-state index is 6.22. The van der Waals surface area contributed by atoms with Crippen LogP contribution in [0.3, 0.4) is 0 Å². The predicted octanol–water partition coefficient (Wildman–Crippen LogP) is 2.72. The molecule has 1 saturated heterocycles. The molecule has 0 radical (unpaired) electrons. The molecule has 1 saturated carbocycles. The van der Waals surface area contributed by atoms with Gasteiger partial charge in [-0.3, -0.25) is 4.90 Å². The van der Waals surface area contributed by atoms with Crippen LogP contribution in [0.4, 0.5) is 0 Å². The van der Waals surface area contributed by atoms with Gasteiger partial charge in [0, 0.05) is 23.9 Å². The van der Waals surface area contributed by atoms with Crippen molar-refractivity contribution in [2.45, 2.75) is 57.0 Å². The molecule has 3 heteroatoms. The largest absolute Gasteiger partial charge is 0.329 e. The Kier molecular flexibility index (Phi) is 4.79. The van der Waals surface area contributed by atoms with E-state index in [0.29, 0.717) is 5.54 Å². The van der Waals surface area contributed by atoms with Gasteiger partial charge in [-0.25, -0.2) is 0 Å². The third kappa shape index (κ3) is 2.52. The Bertz CT molecular complexity index is 240. The van der Waals surface area contributed by atoms with E-state index in [-0.39, 0.29) is 0 Å². The minimum atomic E-state index is 0.308. The lowest BCUT2D eigenvalue weighted by Crippen LogP contribution is -2.61. The third-order valence-electron chi connectivity index (χ3n) is 5.17. The van der Waals surface area contributed by atoms with E-state index in [2.05, 4.69) is 30.6 Å². The first kappa shape index (κ1) is 13.7. The number of nitrogens with zero attached hydrogens (tertiary/aromatic N) is 1. The molecule has 0 aromatic heterocycles. The van der Waals surface area contributed by atoms with Gasteiger partial charge in [0.25, 0.3) is 0 Å². The topological polar surface area (TPSA) is 29.3 Å². The Hall–Kier alpha value is 0.270. The van der Waals surface area contributed by atoms with Gasteiger partial charge >= 0.3 is 0 Å². The fourth-order valence-corrected chi connectivity index (χ4v) is 5.21. The summed E-state index contributed by atoms with van der Waals surface area (Å²) >= 11 is 2.11. The molecule has 0 bridgehead atoms. The molecule has 2 rings (SSSR count). The van der Waals surface area contributed by atoms with Crippen LogP contribution in [0.2, 0.25) is 0 Å². The molecule has 0 amide bonds. The summed E-state index contributed by atoms with van der Waals surface area (Å²) in [5.74, 6) is 3.47. The lowest BCUT2D eigenvalue weighted by Gasteiger charge is -2.51. The Morgan fingerprint density at radius 2 is 2.18 bits per heavy atom. The average molecular weight is 256 g/mol. The Morgan fingerprint density at radius 1 is 1.35 bits per heavy atom. The first-order valence-corrected chi connectivity index (χ1v) is 8.41. The molecule has 1 heterocycles. The van der Waals surface area contributed by atoms with Crippen molar-refractivity contribution in [3.05, 3.63) is 0 Å². The lowest BCUT2D eigenvalue weighted by molar-refractivity contribution is 0.000398. The minimum absolute atomic E-state index is 0.308. The van der Waals surface area contributed by atoms with E-state index in [1.54, 1.807) is 0 Å². The van der Waals surface area contributed by atoms with Gasteiger partial charge in [-0.2, -0.15) is 11.8 Å². The van der Waals surface area contributed by atoms with E-state index >= 15 is 0 Å². The van der Waals surface area contributed by atoms with Gasteiger partial charge in [0.1, 0.15) is 0 Å². The molecule has 3 atom stereocenters. The highest BCUT2D eigenvalue weighted by atomic mass is 32.2. The second kappa shape index (κ2) is 5.94. The van der Waals surface area contributed by atoms with Gasteiger partial charge in [0.15, 0.2) is 0 Å². The number of likely N-dealkylation sites (N-methyl/N-ethyl adjacent to an activating group) is 1. The third-order valence-corrected chi connectivity index (χ3v) is 6.32. The maximum absolute atomic E-state index is 6.22. The van der Waals surface area contributed by atoms with Crippen LogP contribution in [-0.4, -0.2) is 41.6 Å². The normalized spacial score (nSPS) is 38.8. The van der Waals surface area contributed by atoms with Crippen LogP contribution < -0.4 is 5.73 Å². The summed E-state index contributed by atoms with van der Waals surface area (Å²) in [5, 5.41) is 0. The van der Waals surface area contributed by atoms with Gasteiger partial charge in [-0.1, -0.05) is 26.2 Å². The first-order valence-electron chi connectivity index (χ1n) is 7.25. The second-order valence-corrected chi connectivity index (χ2v) is 6.94. The molecule has 100 valence electrons. The van der Waals surface area contributed by atoms with Crippen LogP contribution in [0.5, 0.6) is 0 Å². The van der Waals surface area contributed by atoms with Gasteiger partial charge < -0.3 is 5.73 Å². The summed E-state index contributed by atoms with van der Waals surface area (Å²) in [7, 11) is 2.34. The molecule has 17 heavy (non-hydrogen) atoms. The van der Waals surface area contributed by atoms with E-state index in [4.69, 9.17) is 5.73 Å². The quantitative estimate of drug-likeness (QED) is 0.838. The summed E-state index contributed by atoms with van der Waals surface area (Å²) in [5.41, 5.74) is 6.53. The maximum Gasteiger partial charge on any atom is 0.0359 e. The molecule has 2 fully saturated rings. The molecule has 1 aliphatic heterocycles. The first-order chi connectivity index (χ1) is 8.24. The highest BCUT2D eigenvalue weighted by Crippen LogP contribution is 2.41. The van der Waals surface area contributed by atoms with Crippen molar-refractivity contribution >= 4 is 11.8 Å². The molecule has 0 spiro atoms. The molecule has 2 N–H and O–H groups in total. The van der Waals surface area contributed by atoms with E-state index in [1.165, 1.54) is 50.0 Å². The zero-order valence-corrected chi connectivity index (χ0v) is 12.3. The number of hydrogen-bond acceptors (Lipinski definition) is 3. The van der Waals surface area contributed by atoms with Crippen LogP contribution in [0, 0.1) is 5.92 Å². The summed E-state index contributed by atoms with van der Waals surface area (Å²) < 4.78 is 0. The Balaban J connectivity index is 2.14. The number of rotatable bonds is 4. The van der Waals surface area contributed by atoms with Crippen molar-refractivity contribution in [2.24, 2.45) is 11.7 Å². The molecule has 2 nitrogen and oxygen atoms in total. The molecule has 2 aliphatic rings. The molecule has 0 aromatic rings. The molecule has 1 aliphatic carbocycles.